The first-order valence-electron chi connectivity index (χ1n) is 5.43. The summed E-state index contributed by atoms with van der Waals surface area (Å²) in [5, 5.41) is 0. The minimum absolute atomic E-state index is 0.111. The molecular weight excluding hydrogens is 248 g/mol. The first-order chi connectivity index (χ1) is 9.06. The highest BCUT2D eigenvalue weighted by molar-refractivity contribution is 5.92. The number of benzene rings is 2. The lowest BCUT2D eigenvalue weighted by Gasteiger charge is -1.95. The van der Waals surface area contributed by atoms with Crippen molar-refractivity contribution in [3.63, 3.8) is 0 Å². The van der Waals surface area contributed by atoms with Gasteiger partial charge in [0.1, 0.15) is 11.6 Å². The van der Waals surface area contributed by atoms with Gasteiger partial charge < -0.3 is 5.73 Å². The Balaban J connectivity index is 2.26. The Hall–Kier alpha value is -2.67. The monoisotopic (exact) mass is 257 g/mol. The van der Waals surface area contributed by atoms with Crippen molar-refractivity contribution in [2.45, 2.75) is 0 Å². The molecule has 0 heterocycles. The van der Waals surface area contributed by atoms with Gasteiger partial charge in [-0.2, -0.15) is 0 Å². The van der Waals surface area contributed by atoms with Gasteiger partial charge in [0.2, 0.25) is 5.91 Å². The largest absolute Gasteiger partial charge is 0.366 e. The van der Waals surface area contributed by atoms with Gasteiger partial charge in [0, 0.05) is 17.2 Å². The van der Waals surface area contributed by atoms with E-state index in [0.717, 1.165) is 12.1 Å². The summed E-state index contributed by atoms with van der Waals surface area (Å²) in [6.07, 6.45) is 0. The van der Waals surface area contributed by atoms with Crippen molar-refractivity contribution < 1.29 is 13.6 Å². The molecule has 2 aromatic rings. The first kappa shape index (κ1) is 12.8. The lowest BCUT2D eigenvalue weighted by molar-refractivity contribution is 0.100. The van der Waals surface area contributed by atoms with Crippen LogP contribution in [0.15, 0.2) is 42.5 Å². The van der Waals surface area contributed by atoms with Crippen LogP contribution in [0.5, 0.6) is 0 Å². The fourth-order valence-electron chi connectivity index (χ4n) is 1.45. The Labute approximate surface area is 108 Å². The molecular formula is C15H9F2NO. The molecule has 2 nitrogen and oxygen atoms in total. The number of carbonyl (C=O) groups is 1. The molecule has 0 bridgehead atoms. The van der Waals surface area contributed by atoms with E-state index in [4.69, 9.17) is 5.73 Å². The summed E-state index contributed by atoms with van der Waals surface area (Å²) in [5.41, 5.74) is 6.19. The summed E-state index contributed by atoms with van der Waals surface area (Å²) in [6.45, 7) is 0. The molecule has 0 aliphatic carbocycles. The van der Waals surface area contributed by atoms with Crippen LogP contribution in [0.25, 0.3) is 0 Å². The summed E-state index contributed by atoms with van der Waals surface area (Å²) in [4.78, 5) is 10.9. The van der Waals surface area contributed by atoms with E-state index in [1.165, 1.54) is 18.2 Å². The molecule has 2 N–H and O–H groups in total. The predicted octanol–water partition coefficient (Wildman–Crippen LogP) is 2.46. The third-order valence-corrected chi connectivity index (χ3v) is 2.44. The van der Waals surface area contributed by atoms with Gasteiger partial charge >= 0.3 is 0 Å². The highest BCUT2D eigenvalue weighted by Crippen LogP contribution is 2.08. The van der Waals surface area contributed by atoms with E-state index in [2.05, 4.69) is 11.8 Å². The Morgan fingerprint density at radius 2 is 1.68 bits per heavy atom. The van der Waals surface area contributed by atoms with Gasteiger partial charge in [0.05, 0.1) is 5.56 Å². The van der Waals surface area contributed by atoms with Crippen LogP contribution in [0.3, 0.4) is 0 Å². The summed E-state index contributed by atoms with van der Waals surface area (Å²) >= 11 is 0. The summed E-state index contributed by atoms with van der Waals surface area (Å²) in [6, 6.07) is 9.47. The topological polar surface area (TPSA) is 43.1 Å². The summed E-state index contributed by atoms with van der Waals surface area (Å²) in [7, 11) is 0. The Morgan fingerprint density at radius 1 is 1.00 bits per heavy atom. The zero-order chi connectivity index (χ0) is 13.8. The fourth-order valence-corrected chi connectivity index (χ4v) is 1.45. The first-order valence-corrected chi connectivity index (χ1v) is 5.43. The summed E-state index contributed by atoms with van der Waals surface area (Å²) < 4.78 is 26.0. The number of rotatable bonds is 1. The average Bonchev–Trinajstić information content (AvgIpc) is 2.38. The SMILES string of the molecule is NC(=O)c1ccc(C#Cc2ccc(F)cc2F)cc1. The second kappa shape index (κ2) is 5.32. The van der Waals surface area contributed by atoms with Crippen molar-refractivity contribution in [3.05, 3.63) is 70.8 Å². The highest BCUT2D eigenvalue weighted by Gasteiger charge is 2.01. The van der Waals surface area contributed by atoms with Crippen molar-refractivity contribution in [1.29, 1.82) is 0 Å². The number of carbonyl (C=O) groups excluding carboxylic acids is 1. The third-order valence-electron chi connectivity index (χ3n) is 2.44. The van der Waals surface area contributed by atoms with Crippen LogP contribution in [-0.4, -0.2) is 5.91 Å². The van der Waals surface area contributed by atoms with E-state index in [1.54, 1.807) is 12.1 Å². The van der Waals surface area contributed by atoms with Gasteiger partial charge in [0.25, 0.3) is 0 Å². The van der Waals surface area contributed by atoms with Crippen molar-refractivity contribution in [2.24, 2.45) is 5.73 Å². The van der Waals surface area contributed by atoms with Crippen LogP contribution < -0.4 is 5.73 Å². The van der Waals surface area contributed by atoms with E-state index in [9.17, 15) is 13.6 Å². The van der Waals surface area contributed by atoms with E-state index in [-0.39, 0.29) is 5.56 Å². The van der Waals surface area contributed by atoms with Gasteiger partial charge in [-0.05, 0) is 36.4 Å². The minimum atomic E-state index is -0.707. The smallest absolute Gasteiger partial charge is 0.248 e. The Kier molecular flexibility index (Phi) is 3.58. The van der Waals surface area contributed by atoms with E-state index in [1.807, 2.05) is 0 Å². The third kappa shape index (κ3) is 3.17. The molecule has 0 aliphatic heterocycles. The Morgan fingerprint density at radius 3 is 2.26 bits per heavy atom. The van der Waals surface area contributed by atoms with Crippen molar-refractivity contribution in [1.82, 2.24) is 0 Å². The molecule has 0 unspecified atom stereocenters. The fraction of sp³-hybridized carbons (Fsp3) is 0. The molecule has 2 aromatic carbocycles. The van der Waals surface area contributed by atoms with Crippen molar-refractivity contribution in [2.75, 3.05) is 0 Å². The molecule has 0 saturated carbocycles. The van der Waals surface area contributed by atoms with E-state index < -0.39 is 17.5 Å². The lowest BCUT2D eigenvalue weighted by atomic mass is 10.1. The van der Waals surface area contributed by atoms with Crippen LogP contribution in [0, 0.1) is 23.5 Å². The molecule has 2 rings (SSSR count). The second-order valence-corrected chi connectivity index (χ2v) is 3.82. The lowest BCUT2D eigenvalue weighted by Crippen LogP contribution is -2.10. The molecule has 4 heteroatoms. The van der Waals surface area contributed by atoms with Crippen molar-refractivity contribution >= 4 is 5.91 Å². The quantitative estimate of drug-likeness (QED) is 0.783. The number of hydrogen-bond acceptors (Lipinski definition) is 1. The van der Waals surface area contributed by atoms with Gasteiger partial charge in [-0.3, -0.25) is 4.79 Å². The van der Waals surface area contributed by atoms with Gasteiger partial charge in [-0.1, -0.05) is 11.8 Å². The molecule has 1 amide bonds. The van der Waals surface area contributed by atoms with E-state index in [0.29, 0.717) is 11.1 Å². The van der Waals surface area contributed by atoms with Crippen LogP contribution in [0.2, 0.25) is 0 Å². The zero-order valence-electron chi connectivity index (χ0n) is 9.78. The van der Waals surface area contributed by atoms with Crippen LogP contribution in [0.4, 0.5) is 8.78 Å². The molecule has 0 aromatic heterocycles. The van der Waals surface area contributed by atoms with Crippen LogP contribution in [-0.2, 0) is 0 Å². The molecule has 19 heavy (non-hydrogen) atoms. The number of primary amides is 1. The molecule has 94 valence electrons. The van der Waals surface area contributed by atoms with Crippen LogP contribution >= 0.6 is 0 Å². The van der Waals surface area contributed by atoms with Gasteiger partial charge in [-0.15, -0.1) is 0 Å². The predicted molar refractivity (Wildman–Crippen MR) is 67.3 cm³/mol. The maximum Gasteiger partial charge on any atom is 0.248 e. The standard InChI is InChI=1S/C15H9F2NO/c16-13-8-7-11(14(17)9-13)4-1-10-2-5-12(6-3-10)15(18)19/h2-3,5-9H,(H2,18,19). The van der Waals surface area contributed by atoms with Gasteiger partial charge in [-0.25, -0.2) is 8.78 Å². The average molecular weight is 257 g/mol. The zero-order valence-corrected chi connectivity index (χ0v) is 9.78. The van der Waals surface area contributed by atoms with Crippen LogP contribution in [0.1, 0.15) is 21.5 Å². The number of hydrogen-bond donors (Lipinski definition) is 1. The number of halogens is 2. The molecule has 0 fully saturated rings. The van der Waals surface area contributed by atoms with E-state index >= 15 is 0 Å². The summed E-state index contributed by atoms with van der Waals surface area (Å²) in [5.74, 6) is 3.44. The molecule has 0 saturated heterocycles. The molecule has 0 aliphatic rings. The van der Waals surface area contributed by atoms with Gasteiger partial charge in [0.15, 0.2) is 0 Å². The number of nitrogens with two attached hydrogens (primary N) is 1. The normalized spacial score (nSPS) is 9.58. The maximum absolute atomic E-state index is 13.3. The number of amides is 1. The minimum Gasteiger partial charge on any atom is -0.366 e. The van der Waals surface area contributed by atoms with Crippen molar-refractivity contribution in [3.8, 4) is 11.8 Å². The molecule has 0 radical (unpaired) electrons. The Bertz CT molecular complexity index is 682. The highest BCUT2D eigenvalue weighted by atomic mass is 19.1. The second-order valence-electron chi connectivity index (χ2n) is 3.82. The maximum atomic E-state index is 13.3. The molecule has 0 atom stereocenters. The molecule has 0 spiro atoms.